The number of nitrogens with zero attached hydrogens (tertiary/aromatic N) is 8. The summed E-state index contributed by atoms with van der Waals surface area (Å²) in [5, 5.41) is 34.2. The Kier molecular flexibility index (Phi) is 111. The first-order valence-corrected chi connectivity index (χ1v) is 26.8. The van der Waals surface area contributed by atoms with Crippen LogP contribution in [0.3, 0.4) is 0 Å². The molecule has 14 heteroatoms. The minimum absolute atomic E-state index is 0. The summed E-state index contributed by atoms with van der Waals surface area (Å²) >= 11 is 0. The van der Waals surface area contributed by atoms with Crippen LogP contribution in [-0.4, -0.2) is 123 Å². The van der Waals surface area contributed by atoms with Crippen molar-refractivity contribution in [2.75, 3.05) is 26.4 Å². The van der Waals surface area contributed by atoms with Gasteiger partial charge in [0.15, 0.2) is 0 Å². The number of ether oxygens (including phenoxy) is 2. The third-order valence-electron chi connectivity index (χ3n) is 6.42. The second-order valence-electron chi connectivity index (χ2n) is 21.3. The van der Waals surface area contributed by atoms with Crippen LogP contribution < -0.4 is 37.7 Å². The van der Waals surface area contributed by atoms with E-state index >= 15 is 0 Å². The van der Waals surface area contributed by atoms with E-state index in [-0.39, 0.29) is 111 Å². The van der Waals surface area contributed by atoms with E-state index in [2.05, 4.69) is 264 Å². The van der Waals surface area contributed by atoms with Gasteiger partial charge in [-0.1, -0.05) is 222 Å². The third-order valence-corrected chi connectivity index (χ3v) is 6.42. The Labute approximate surface area is 528 Å². The van der Waals surface area contributed by atoms with Crippen LogP contribution in [0.4, 0.5) is 0 Å². The molecule has 70 heavy (non-hydrogen) atoms. The second-order valence-corrected chi connectivity index (χ2v) is 21.3. The van der Waals surface area contributed by atoms with Crippen LogP contribution in [0.2, 0.25) is 0 Å². The van der Waals surface area contributed by atoms with Crippen LogP contribution in [-0.2, 0) is 9.47 Å². The van der Waals surface area contributed by atoms with Crippen molar-refractivity contribution >= 4 is 0 Å². The van der Waals surface area contributed by atoms with Gasteiger partial charge in [-0.15, -0.1) is 96.7 Å². The molecule has 0 aromatic carbocycles. The summed E-state index contributed by atoms with van der Waals surface area (Å²) < 4.78 is 9.89. The number of hydrogen-bond acceptors (Lipinski definition) is 2. The van der Waals surface area contributed by atoms with Gasteiger partial charge in [0.25, 0.3) is 0 Å². The molecule has 436 valence electrons. The summed E-state index contributed by atoms with van der Waals surface area (Å²) in [7, 11) is 0. The molecule has 10 nitrogen and oxygen atoms in total. The van der Waals surface area contributed by atoms with Crippen molar-refractivity contribution < 1.29 is 121 Å². The zero-order valence-electron chi connectivity index (χ0n) is 53.8. The molecule has 2 aliphatic rings. The van der Waals surface area contributed by atoms with Gasteiger partial charge in [-0.25, -0.2) is 0 Å². The van der Waals surface area contributed by atoms with Gasteiger partial charge < -0.3 is 52.0 Å². The van der Waals surface area contributed by atoms with Crippen LogP contribution in [0, 0.1) is 73.7 Å². The maximum Gasteiger partial charge on any atom is 3.00 e. The molecular weight excluding hydrogens is 1180 g/mol. The van der Waals surface area contributed by atoms with E-state index in [4.69, 9.17) is 9.47 Å². The fourth-order valence-corrected chi connectivity index (χ4v) is 5.79. The molecule has 0 atom stereocenters. The first-order valence-electron chi connectivity index (χ1n) is 26.8. The predicted octanol–water partition coefficient (Wildman–Crippen LogP) is 13.0. The zero-order valence-corrected chi connectivity index (χ0v) is 57.1. The summed E-state index contributed by atoms with van der Waals surface area (Å²) in [6.07, 6.45) is 5.11. The Balaban J connectivity index is -0.0000000531. The molecular formula is C56H128Li2Lu2N8O2. The molecule has 0 spiro atoms. The molecule has 0 N–H and O–H groups in total. The molecule has 0 radical (unpaired) electrons. The van der Waals surface area contributed by atoms with E-state index < -0.39 is 0 Å². The van der Waals surface area contributed by atoms with Gasteiger partial charge in [0, 0.05) is 26.4 Å². The summed E-state index contributed by atoms with van der Waals surface area (Å²) in [6.45, 7) is 71.1. The van der Waals surface area contributed by atoms with Gasteiger partial charge in [0.05, 0.1) is 0 Å². The minimum Gasteiger partial charge on any atom is -0.658 e. The van der Waals surface area contributed by atoms with Crippen molar-refractivity contribution in [3.05, 3.63) is 42.5 Å². The van der Waals surface area contributed by atoms with Crippen LogP contribution in [0.15, 0.2) is 0 Å². The molecule has 2 fully saturated rings. The predicted molar refractivity (Wildman–Crippen MR) is 309 cm³/mol. The van der Waals surface area contributed by atoms with Crippen molar-refractivity contribution in [3.63, 3.8) is 0 Å². The van der Waals surface area contributed by atoms with E-state index in [0.29, 0.717) is 96.7 Å². The first-order chi connectivity index (χ1) is 30.0. The SMILES string of the molecule is C1CCOC1.C1CCOC1.CC(C)[N-]C(C)C.CC(C)[N-]C(C)C.CC(C)[N-]C(C)C.CC(C)[N-]C(C)C.CC(C)[N-]C(C)C.CC(C)[N-]C(C)C.CC(C)[N-]C(C)C.CC(C)[N-]C(C)C.[Li+].[Li+].[Lu+3].[Lu+3]. The third kappa shape index (κ3) is 172. The first kappa shape index (κ1) is 102. The van der Waals surface area contributed by atoms with Crippen molar-refractivity contribution in [2.24, 2.45) is 0 Å². The quantitative estimate of drug-likeness (QED) is 0.142. The summed E-state index contributed by atoms with van der Waals surface area (Å²) in [5.41, 5.74) is 0. The Morgan fingerprint density at radius 2 is 0.257 bits per heavy atom. The Hall–Kier alpha value is 3.26. The smallest absolute Gasteiger partial charge is 0.658 e. The topological polar surface area (TPSA) is 131 Å². The van der Waals surface area contributed by atoms with Gasteiger partial charge in [0.1, 0.15) is 0 Å². The molecule has 0 saturated carbocycles. The van der Waals surface area contributed by atoms with Crippen LogP contribution in [0.1, 0.15) is 247 Å². The van der Waals surface area contributed by atoms with Crippen LogP contribution >= 0.6 is 0 Å². The summed E-state index contributed by atoms with van der Waals surface area (Å²) in [5.74, 6) is 0. The Morgan fingerprint density at radius 3 is 0.271 bits per heavy atom. The maximum atomic E-state index is 4.94. The van der Waals surface area contributed by atoms with Gasteiger partial charge in [0.2, 0.25) is 0 Å². The Morgan fingerprint density at radius 1 is 0.186 bits per heavy atom. The largest absolute Gasteiger partial charge is 3.00 e. The fourth-order valence-electron chi connectivity index (χ4n) is 5.79. The van der Waals surface area contributed by atoms with Crippen molar-refractivity contribution in [1.82, 2.24) is 0 Å². The van der Waals surface area contributed by atoms with Crippen LogP contribution in [0.5, 0.6) is 0 Å². The molecule has 2 saturated heterocycles. The molecule has 2 heterocycles. The average Bonchev–Trinajstić information content (AvgIpc) is 3.82. The van der Waals surface area contributed by atoms with E-state index in [1.54, 1.807) is 0 Å². The van der Waals surface area contributed by atoms with E-state index in [1.165, 1.54) is 25.7 Å². The average molecular weight is 1310 g/mol. The van der Waals surface area contributed by atoms with Crippen molar-refractivity contribution in [2.45, 2.75) is 344 Å². The van der Waals surface area contributed by atoms with E-state index in [1.807, 2.05) is 0 Å². The summed E-state index contributed by atoms with van der Waals surface area (Å²) in [6, 6.07) is 8.00. The second kappa shape index (κ2) is 76.5. The molecule has 0 amide bonds. The molecule has 0 aromatic heterocycles. The standard InChI is InChI=1S/8C6H14N.2C4H8O.2Li.2Lu/c8*1-5(2)7-6(3)4;2*1-2-4-5-3-1;;;;/h8*5-6H,1-4H3;2*1-4H2;;;;/q8*-1;;;2*+1;2*+3. The van der Waals surface area contributed by atoms with Crippen LogP contribution in [0.25, 0.3) is 42.5 Å². The van der Waals surface area contributed by atoms with Crippen molar-refractivity contribution in [1.29, 1.82) is 0 Å². The minimum atomic E-state index is 0. The van der Waals surface area contributed by atoms with Gasteiger partial charge in [-0.05, 0) is 25.7 Å². The molecule has 0 unspecified atom stereocenters. The molecule has 0 bridgehead atoms. The molecule has 0 aliphatic carbocycles. The summed E-state index contributed by atoms with van der Waals surface area (Å²) in [4.78, 5) is 0. The number of hydrogen-bond donors (Lipinski definition) is 0. The van der Waals surface area contributed by atoms with Gasteiger partial charge in [-0.2, -0.15) is 0 Å². The van der Waals surface area contributed by atoms with Gasteiger partial charge in [-0.3, -0.25) is 0 Å². The molecule has 2 rings (SSSR count). The fraction of sp³-hybridized carbons (Fsp3) is 1.00. The molecule has 2 aliphatic heterocycles. The zero-order chi connectivity index (χ0) is 54.0. The van der Waals surface area contributed by atoms with Crippen molar-refractivity contribution in [3.8, 4) is 0 Å². The Bertz CT molecular complexity index is 590. The molecule has 0 aromatic rings. The monoisotopic (exact) mass is 1310 g/mol. The van der Waals surface area contributed by atoms with E-state index in [0.717, 1.165) is 26.4 Å². The van der Waals surface area contributed by atoms with E-state index in [9.17, 15) is 0 Å². The maximum absolute atomic E-state index is 4.94. The normalized spacial score (nSPS) is 12.3. The van der Waals surface area contributed by atoms with Gasteiger partial charge >= 0.3 is 111 Å². The number of rotatable bonds is 16.